The van der Waals surface area contributed by atoms with Crippen molar-refractivity contribution in [1.29, 1.82) is 0 Å². The highest BCUT2D eigenvalue weighted by molar-refractivity contribution is 6.30. The maximum Gasteiger partial charge on any atom is 0.0702 e. The highest BCUT2D eigenvalue weighted by atomic mass is 35.5. The molecule has 0 bridgehead atoms. The topological polar surface area (TPSA) is 15.7 Å². The molecule has 3 rings (SSSR count). The van der Waals surface area contributed by atoms with Gasteiger partial charge in [-0.2, -0.15) is 0 Å². The van der Waals surface area contributed by atoms with Crippen molar-refractivity contribution in [3.63, 3.8) is 0 Å². The molecule has 0 unspecified atom stereocenters. The summed E-state index contributed by atoms with van der Waals surface area (Å²) < 4.78 is 6.15. The SMILES string of the molecule is CC1(C)CC(c2ccc(Cl)cc2)=C(CN2CCN(C(C)(C)C)CC2)CO1. The minimum absolute atomic E-state index is 0.108. The van der Waals surface area contributed by atoms with E-state index in [4.69, 9.17) is 16.3 Å². The monoisotopic (exact) mass is 376 g/mol. The Hall–Kier alpha value is -0.870. The highest BCUT2D eigenvalue weighted by Crippen LogP contribution is 2.36. The third-order valence-electron chi connectivity index (χ3n) is 5.59. The second-order valence-corrected chi connectivity index (χ2v) is 9.68. The molecular weight excluding hydrogens is 344 g/mol. The van der Waals surface area contributed by atoms with E-state index in [0.29, 0.717) is 0 Å². The Kier molecular flexibility index (Phi) is 5.83. The fourth-order valence-electron chi connectivity index (χ4n) is 3.92. The van der Waals surface area contributed by atoms with Gasteiger partial charge in [0.2, 0.25) is 0 Å². The molecule has 2 aliphatic heterocycles. The Morgan fingerprint density at radius 3 is 2.23 bits per heavy atom. The van der Waals surface area contributed by atoms with E-state index in [1.54, 1.807) is 0 Å². The number of hydrogen-bond donors (Lipinski definition) is 0. The van der Waals surface area contributed by atoms with Crippen molar-refractivity contribution in [2.75, 3.05) is 39.3 Å². The Morgan fingerprint density at radius 1 is 1.04 bits per heavy atom. The van der Waals surface area contributed by atoms with Gasteiger partial charge in [-0.05, 0) is 63.5 Å². The first-order valence-corrected chi connectivity index (χ1v) is 10.1. The molecular formula is C22H33ClN2O. The molecule has 0 saturated carbocycles. The van der Waals surface area contributed by atoms with Crippen LogP contribution in [0, 0.1) is 0 Å². The van der Waals surface area contributed by atoms with E-state index < -0.39 is 0 Å². The summed E-state index contributed by atoms with van der Waals surface area (Å²) in [7, 11) is 0. The summed E-state index contributed by atoms with van der Waals surface area (Å²) in [6.45, 7) is 17.5. The second-order valence-electron chi connectivity index (χ2n) is 9.25. The van der Waals surface area contributed by atoms with Crippen molar-refractivity contribution < 1.29 is 4.74 Å². The fourth-order valence-corrected chi connectivity index (χ4v) is 4.04. The molecule has 0 N–H and O–H groups in total. The molecule has 4 heteroatoms. The molecule has 1 aromatic rings. The summed E-state index contributed by atoms with van der Waals surface area (Å²) in [4.78, 5) is 5.16. The number of halogens is 1. The first kappa shape index (κ1) is 19.9. The molecule has 1 saturated heterocycles. The van der Waals surface area contributed by atoms with Gasteiger partial charge in [0.25, 0.3) is 0 Å². The summed E-state index contributed by atoms with van der Waals surface area (Å²) in [5.74, 6) is 0. The van der Waals surface area contributed by atoms with Crippen LogP contribution in [0.1, 0.15) is 46.6 Å². The summed E-state index contributed by atoms with van der Waals surface area (Å²) in [5.41, 5.74) is 4.31. The first-order chi connectivity index (χ1) is 12.1. The molecule has 1 fully saturated rings. The van der Waals surface area contributed by atoms with E-state index in [0.717, 1.165) is 50.8 Å². The van der Waals surface area contributed by atoms with Crippen LogP contribution in [0.15, 0.2) is 29.8 Å². The van der Waals surface area contributed by atoms with Gasteiger partial charge in [-0.1, -0.05) is 23.7 Å². The highest BCUT2D eigenvalue weighted by Gasteiger charge is 2.31. The molecule has 144 valence electrons. The molecule has 2 aliphatic rings. The van der Waals surface area contributed by atoms with Crippen molar-refractivity contribution in [2.24, 2.45) is 0 Å². The van der Waals surface area contributed by atoms with Gasteiger partial charge < -0.3 is 4.74 Å². The zero-order chi connectivity index (χ0) is 18.9. The van der Waals surface area contributed by atoms with Gasteiger partial charge in [0.15, 0.2) is 0 Å². The van der Waals surface area contributed by atoms with Crippen LogP contribution in [0.2, 0.25) is 5.02 Å². The smallest absolute Gasteiger partial charge is 0.0702 e. The lowest BCUT2D eigenvalue weighted by molar-refractivity contribution is -0.0116. The standard InChI is InChI=1S/C22H33ClN2O/c1-21(2,3)25-12-10-24(11-13-25)15-18-16-26-22(4,5)14-20(18)17-6-8-19(23)9-7-17/h6-9H,10-16H2,1-5H3. The zero-order valence-electron chi connectivity index (χ0n) is 16.9. The number of hydrogen-bond acceptors (Lipinski definition) is 3. The van der Waals surface area contributed by atoms with E-state index in [-0.39, 0.29) is 11.1 Å². The van der Waals surface area contributed by atoms with E-state index in [1.807, 2.05) is 12.1 Å². The van der Waals surface area contributed by atoms with Crippen LogP contribution in [0.25, 0.3) is 5.57 Å². The van der Waals surface area contributed by atoms with E-state index in [9.17, 15) is 0 Å². The molecule has 0 aliphatic carbocycles. The van der Waals surface area contributed by atoms with Crippen LogP contribution in [0.5, 0.6) is 0 Å². The predicted octanol–water partition coefficient (Wildman–Crippen LogP) is 4.71. The molecule has 0 aromatic heterocycles. The molecule has 3 nitrogen and oxygen atoms in total. The number of ether oxygens (including phenoxy) is 1. The van der Waals surface area contributed by atoms with Crippen LogP contribution >= 0.6 is 11.6 Å². The number of piperazine rings is 1. The van der Waals surface area contributed by atoms with Gasteiger partial charge in [-0.15, -0.1) is 0 Å². The minimum Gasteiger partial charge on any atom is -0.371 e. The van der Waals surface area contributed by atoms with Gasteiger partial charge in [-0.3, -0.25) is 9.80 Å². The third-order valence-corrected chi connectivity index (χ3v) is 5.85. The van der Waals surface area contributed by atoms with Crippen molar-refractivity contribution in [3.05, 3.63) is 40.4 Å². The molecule has 0 atom stereocenters. The predicted molar refractivity (Wildman–Crippen MR) is 111 cm³/mol. The lowest BCUT2D eigenvalue weighted by Gasteiger charge is -2.43. The van der Waals surface area contributed by atoms with Crippen molar-refractivity contribution in [2.45, 2.75) is 52.2 Å². The summed E-state index contributed by atoms with van der Waals surface area (Å²) in [5, 5.41) is 0.792. The van der Waals surface area contributed by atoms with Crippen LogP contribution in [-0.4, -0.2) is 60.3 Å². The van der Waals surface area contributed by atoms with E-state index in [1.165, 1.54) is 16.7 Å². The van der Waals surface area contributed by atoms with Crippen LogP contribution in [0.3, 0.4) is 0 Å². The Bertz CT molecular complexity index is 650. The zero-order valence-corrected chi connectivity index (χ0v) is 17.7. The van der Waals surface area contributed by atoms with Crippen LogP contribution in [-0.2, 0) is 4.74 Å². The van der Waals surface area contributed by atoms with Crippen LogP contribution in [0.4, 0.5) is 0 Å². The minimum atomic E-state index is -0.108. The number of benzene rings is 1. The van der Waals surface area contributed by atoms with Gasteiger partial charge >= 0.3 is 0 Å². The first-order valence-electron chi connectivity index (χ1n) is 9.72. The average molecular weight is 377 g/mol. The van der Waals surface area contributed by atoms with Crippen LogP contribution < -0.4 is 0 Å². The summed E-state index contributed by atoms with van der Waals surface area (Å²) in [6.07, 6.45) is 0.950. The Balaban J connectivity index is 1.76. The molecule has 0 amide bonds. The van der Waals surface area contributed by atoms with Gasteiger partial charge in [0.1, 0.15) is 0 Å². The lowest BCUT2D eigenvalue weighted by Crippen LogP contribution is -2.53. The fraction of sp³-hybridized carbons (Fsp3) is 0.636. The maximum atomic E-state index is 6.15. The van der Waals surface area contributed by atoms with E-state index >= 15 is 0 Å². The summed E-state index contributed by atoms with van der Waals surface area (Å²) >= 11 is 6.10. The second kappa shape index (κ2) is 7.63. The number of rotatable bonds is 3. The van der Waals surface area contributed by atoms with Crippen molar-refractivity contribution >= 4 is 17.2 Å². The third kappa shape index (κ3) is 4.89. The normalized spacial score (nSPS) is 22.7. The molecule has 26 heavy (non-hydrogen) atoms. The quantitative estimate of drug-likeness (QED) is 0.759. The van der Waals surface area contributed by atoms with Gasteiger partial charge in [0, 0.05) is 49.7 Å². The lowest BCUT2D eigenvalue weighted by atomic mass is 9.87. The van der Waals surface area contributed by atoms with E-state index in [2.05, 4.69) is 56.6 Å². The van der Waals surface area contributed by atoms with Gasteiger partial charge in [0.05, 0.1) is 12.2 Å². The summed E-state index contributed by atoms with van der Waals surface area (Å²) in [6, 6.07) is 8.28. The van der Waals surface area contributed by atoms with Crippen molar-refractivity contribution in [1.82, 2.24) is 9.80 Å². The molecule has 0 radical (unpaired) electrons. The van der Waals surface area contributed by atoms with Gasteiger partial charge in [-0.25, -0.2) is 0 Å². The molecule has 1 aromatic carbocycles. The van der Waals surface area contributed by atoms with Crippen molar-refractivity contribution in [3.8, 4) is 0 Å². The molecule has 0 spiro atoms. The number of nitrogens with zero attached hydrogens (tertiary/aromatic N) is 2. The molecule has 2 heterocycles. The average Bonchev–Trinajstić information content (AvgIpc) is 2.57. The maximum absolute atomic E-state index is 6.15. The Morgan fingerprint density at radius 2 is 1.65 bits per heavy atom. The largest absolute Gasteiger partial charge is 0.371 e. The Labute approximate surface area is 164 Å².